The second-order valence-corrected chi connectivity index (χ2v) is 4.12. The Labute approximate surface area is 92.0 Å². The van der Waals surface area contributed by atoms with Gasteiger partial charge in [-0.25, -0.2) is 0 Å². The van der Waals surface area contributed by atoms with E-state index in [2.05, 4.69) is 15.9 Å². The summed E-state index contributed by atoms with van der Waals surface area (Å²) < 4.78 is 43.0. The van der Waals surface area contributed by atoms with Crippen molar-refractivity contribution in [3.63, 3.8) is 0 Å². The van der Waals surface area contributed by atoms with Crippen LogP contribution < -0.4 is 0 Å². The van der Waals surface area contributed by atoms with Gasteiger partial charge in [-0.2, -0.15) is 13.2 Å². The maximum Gasteiger partial charge on any atom is 0.420 e. The number of halogens is 4. The Hall–Kier alpha value is -0.970. The highest BCUT2D eigenvalue weighted by Gasteiger charge is 2.35. The molecular weight excluding hydrogens is 273 g/mol. The van der Waals surface area contributed by atoms with E-state index < -0.39 is 11.7 Å². The van der Waals surface area contributed by atoms with Gasteiger partial charge >= 0.3 is 6.18 Å². The molecule has 2 aromatic rings. The Balaban J connectivity index is 2.80. The molecule has 0 atom stereocenters. The topological polar surface area (TPSA) is 13.1 Å². The summed E-state index contributed by atoms with van der Waals surface area (Å²) in [4.78, 5) is 0. The van der Waals surface area contributed by atoms with Gasteiger partial charge in [-0.1, -0.05) is 0 Å². The molecule has 1 aromatic heterocycles. The Morgan fingerprint density at radius 3 is 2.53 bits per heavy atom. The highest BCUT2D eigenvalue weighted by atomic mass is 79.9. The average molecular weight is 279 g/mol. The minimum atomic E-state index is -4.38. The zero-order chi connectivity index (χ0) is 11.2. The zero-order valence-corrected chi connectivity index (χ0v) is 9.24. The lowest BCUT2D eigenvalue weighted by Crippen LogP contribution is -2.03. The number of alkyl halides is 3. The summed E-state index contributed by atoms with van der Waals surface area (Å²) in [6.45, 7) is 1.73. The fourth-order valence-corrected chi connectivity index (χ4v) is 2.12. The van der Waals surface area contributed by atoms with Gasteiger partial charge in [0.2, 0.25) is 0 Å². The maximum atomic E-state index is 12.5. The first-order chi connectivity index (χ1) is 6.89. The summed E-state index contributed by atoms with van der Waals surface area (Å²) >= 11 is 3.17. The van der Waals surface area contributed by atoms with E-state index in [1.165, 1.54) is 6.07 Å². The van der Waals surface area contributed by atoms with Crippen molar-refractivity contribution >= 4 is 26.9 Å². The van der Waals surface area contributed by atoms with E-state index >= 15 is 0 Å². The molecule has 0 bridgehead atoms. The molecule has 1 nitrogen and oxygen atoms in total. The molecule has 1 aromatic carbocycles. The normalized spacial score (nSPS) is 12.3. The average Bonchev–Trinajstić information content (AvgIpc) is 2.45. The Bertz CT molecular complexity index is 513. The molecule has 0 fully saturated rings. The van der Waals surface area contributed by atoms with E-state index in [4.69, 9.17) is 4.42 Å². The third kappa shape index (κ3) is 1.76. The minimum Gasteiger partial charge on any atom is -0.463 e. The first-order valence-electron chi connectivity index (χ1n) is 4.14. The first kappa shape index (κ1) is 10.5. The van der Waals surface area contributed by atoms with Gasteiger partial charge in [-0.15, -0.1) is 0 Å². The van der Waals surface area contributed by atoms with Crippen LogP contribution in [0.25, 0.3) is 11.0 Å². The molecule has 0 spiro atoms. The van der Waals surface area contributed by atoms with E-state index in [-0.39, 0.29) is 11.0 Å². The summed E-state index contributed by atoms with van der Waals surface area (Å²) in [5.74, 6) is 0. The second-order valence-electron chi connectivity index (χ2n) is 3.27. The van der Waals surface area contributed by atoms with Gasteiger partial charge < -0.3 is 4.42 Å². The SMILES string of the molecule is Cc1cc(Br)c2occ(C(F)(F)F)c2c1. The van der Waals surface area contributed by atoms with Crippen LogP contribution in [0.2, 0.25) is 0 Å². The van der Waals surface area contributed by atoms with Gasteiger partial charge in [-0.05, 0) is 40.5 Å². The number of hydrogen-bond donors (Lipinski definition) is 0. The van der Waals surface area contributed by atoms with Crippen molar-refractivity contribution < 1.29 is 17.6 Å². The van der Waals surface area contributed by atoms with Gasteiger partial charge in [0.1, 0.15) is 17.4 Å². The monoisotopic (exact) mass is 278 g/mol. The maximum absolute atomic E-state index is 12.5. The fraction of sp³-hybridized carbons (Fsp3) is 0.200. The van der Waals surface area contributed by atoms with Crippen molar-refractivity contribution in [1.82, 2.24) is 0 Å². The van der Waals surface area contributed by atoms with E-state index in [9.17, 15) is 13.2 Å². The number of aryl methyl sites for hydroxylation is 1. The van der Waals surface area contributed by atoms with E-state index in [1.54, 1.807) is 13.0 Å². The van der Waals surface area contributed by atoms with Crippen LogP contribution in [-0.4, -0.2) is 0 Å². The number of rotatable bonds is 0. The van der Waals surface area contributed by atoms with E-state index in [0.29, 0.717) is 4.47 Å². The predicted molar refractivity (Wildman–Crippen MR) is 53.7 cm³/mol. The number of fused-ring (bicyclic) bond motifs is 1. The highest BCUT2D eigenvalue weighted by molar-refractivity contribution is 9.10. The van der Waals surface area contributed by atoms with Crippen LogP contribution in [0.5, 0.6) is 0 Å². The summed E-state index contributed by atoms with van der Waals surface area (Å²) in [6.07, 6.45) is -3.63. The molecule has 0 aliphatic rings. The smallest absolute Gasteiger partial charge is 0.420 e. The molecule has 0 aliphatic heterocycles. The molecule has 1 heterocycles. The van der Waals surface area contributed by atoms with Gasteiger partial charge in [0.05, 0.1) is 4.47 Å². The first-order valence-corrected chi connectivity index (χ1v) is 4.93. The van der Waals surface area contributed by atoms with Gasteiger partial charge in [0.25, 0.3) is 0 Å². The van der Waals surface area contributed by atoms with Crippen molar-refractivity contribution in [3.8, 4) is 0 Å². The highest BCUT2D eigenvalue weighted by Crippen LogP contribution is 2.38. The Morgan fingerprint density at radius 1 is 1.27 bits per heavy atom. The van der Waals surface area contributed by atoms with Crippen molar-refractivity contribution in [1.29, 1.82) is 0 Å². The lowest BCUT2D eigenvalue weighted by atomic mass is 10.1. The van der Waals surface area contributed by atoms with Gasteiger partial charge in [0.15, 0.2) is 0 Å². The fourth-order valence-electron chi connectivity index (χ4n) is 1.45. The molecule has 5 heteroatoms. The molecule has 0 aliphatic carbocycles. The summed E-state index contributed by atoms with van der Waals surface area (Å²) in [7, 11) is 0. The second kappa shape index (κ2) is 3.27. The molecule has 2 rings (SSSR count). The molecule has 0 saturated carbocycles. The molecule has 0 amide bonds. The van der Waals surface area contributed by atoms with Crippen LogP contribution >= 0.6 is 15.9 Å². The van der Waals surface area contributed by atoms with Crippen molar-refractivity contribution in [2.24, 2.45) is 0 Å². The van der Waals surface area contributed by atoms with Crippen LogP contribution in [0.15, 0.2) is 27.3 Å². The summed E-state index contributed by atoms with van der Waals surface area (Å²) in [5, 5.41) is 0.0920. The lowest BCUT2D eigenvalue weighted by Gasteiger charge is -2.03. The van der Waals surface area contributed by atoms with E-state index in [1.807, 2.05) is 0 Å². The minimum absolute atomic E-state index is 0.0920. The molecule has 15 heavy (non-hydrogen) atoms. The number of benzene rings is 1. The predicted octanol–water partition coefficient (Wildman–Crippen LogP) is 4.52. The van der Waals surface area contributed by atoms with Crippen molar-refractivity contribution in [2.75, 3.05) is 0 Å². The van der Waals surface area contributed by atoms with Gasteiger partial charge in [-0.3, -0.25) is 0 Å². The molecule has 0 saturated heterocycles. The zero-order valence-electron chi connectivity index (χ0n) is 7.65. The quantitative estimate of drug-likeness (QED) is 0.690. The molecule has 0 unspecified atom stereocenters. The Morgan fingerprint density at radius 2 is 1.93 bits per heavy atom. The van der Waals surface area contributed by atoms with Crippen LogP contribution in [0.3, 0.4) is 0 Å². The molecule has 0 radical (unpaired) electrons. The summed E-state index contributed by atoms with van der Waals surface area (Å²) in [6, 6.07) is 3.18. The summed E-state index contributed by atoms with van der Waals surface area (Å²) in [5.41, 5.74) is 0.246. The van der Waals surface area contributed by atoms with Gasteiger partial charge in [0, 0.05) is 5.39 Å². The Kier molecular flexibility index (Phi) is 2.30. The third-order valence-electron chi connectivity index (χ3n) is 2.08. The molecule has 80 valence electrons. The van der Waals surface area contributed by atoms with Crippen molar-refractivity contribution in [3.05, 3.63) is 34.0 Å². The van der Waals surface area contributed by atoms with Crippen LogP contribution in [-0.2, 0) is 6.18 Å². The largest absolute Gasteiger partial charge is 0.463 e. The lowest BCUT2D eigenvalue weighted by molar-refractivity contribution is -0.136. The van der Waals surface area contributed by atoms with E-state index in [0.717, 1.165) is 11.8 Å². The van der Waals surface area contributed by atoms with Crippen molar-refractivity contribution in [2.45, 2.75) is 13.1 Å². The standard InChI is InChI=1S/C10H6BrF3O/c1-5-2-6-7(10(12,13)14)4-15-9(6)8(11)3-5/h2-4H,1H3. The third-order valence-corrected chi connectivity index (χ3v) is 2.67. The van der Waals surface area contributed by atoms with Crippen LogP contribution in [0.1, 0.15) is 11.1 Å². The number of hydrogen-bond acceptors (Lipinski definition) is 1. The van der Waals surface area contributed by atoms with Crippen LogP contribution in [0, 0.1) is 6.92 Å². The van der Waals surface area contributed by atoms with Crippen LogP contribution in [0.4, 0.5) is 13.2 Å². The molecular formula is C10H6BrF3O. The number of furan rings is 1. The molecule has 0 N–H and O–H groups in total.